The minimum atomic E-state index is -0.788. The molecule has 0 fully saturated rings. The first-order valence-corrected chi connectivity index (χ1v) is 19.0. The van der Waals surface area contributed by atoms with Gasteiger partial charge in [-0.3, -0.25) is 28.8 Å². The summed E-state index contributed by atoms with van der Waals surface area (Å²) in [5, 5.41) is 23.2. The normalized spacial score (nSPS) is 10.7. The lowest BCUT2D eigenvalue weighted by Gasteiger charge is -2.08. The zero-order valence-corrected chi connectivity index (χ0v) is 30.2. The summed E-state index contributed by atoms with van der Waals surface area (Å²) < 4.78 is 0. The van der Waals surface area contributed by atoms with Gasteiger partial charge in [-0.2, -0.15) is 0 Å². The number of aliphatic carboxylic acids is 1. The maximum Gasteiger partial charge on any atom is 0.303 e. The van der Waals surface area contributed by atoms with Crippen LogP contribution < -0.4 is 32.3 Å². The Balaban J connectivity index is 3.45. The average molecular weight is 697 g/mol. The smallest absolute Gasteiger partial charge is 0.303 e. The predicted molar refractivity (Wildman–Crippen MR) is 193 cm³/mol. The van der Waals surface area contributed by atoms with Crippen LogP contribution in [0.3, 0.4) is 0 Å². The summed E-state index contributed by atoms with van der Waals surface area (Å²) in [5.41, 5.74) is 5.45. The molecule has 0 atom stereocenters. The van der Waals surface area contributed by atoms with Gasteiger partial charge in [0.05, 0.1) is 0 Å². The van der Waals surface area contributed by atoms with Crippen LogP contribution in [0.5, 0.6) is 0 Å². The van der Waals surface area contributed by atoms with Crippen molar-refractivity contribution in [3.63, 3.8) is 0 Å². The molecule has 0 aliphatic carbocycles. The molecule has 284 valence electrons. The third-order valence-electron chi connectivity index (χ3n) is 8.11. The van der Waals surface area contributed by atoms with Gasteiger partial charge in [0.1, 0.15) is 0 Å². The molecule has 0 aromatic rings. The van der Waals surface area contributed by atoms with E-state index in [9.17, 15) is 28.8 Å². The number of carboxylic acid groups (broad SMARTS) is 1. The summed E-state index contributed by atoms with van der Waals surface area (Å²) in [5.74, 6) is -0.568. The monoisotopic (exact) mass is 697 g/mol. The molecule has 0 unspecified atom stereocenters. The van der Waals surface area contributed by atoms with E-state index < -0.39 is 5.97 Å². The lowest BCUT2D eigenvalue weighted by atomic mass is 10.1. The molecule has 49 heavy (non-hydrogen) atoms. The minimum absolute atomic E-state index is 0.0144. The van der Waals surface area contributed by atoms with E-state index >= 15 is 0 Å². The van der Waals surface area contributed by atoms with Crippen LogP contribution in [0.1, 0.15) is 154 Å². The van der Waals surface area contributed by atoms with Gasteiger partial charge in [-0.15, -0.1) is 0 Å². The first-order valence-electron chi connectivity index (χ1n) is 19.0. The van der Waals surface area contributed by atoms with Gasteiger partial charge in [0.15, 0.2) is 0 Å². The van der Waals surface area contributed by atoms with Crippen molar-refractivity contribution < 1.29 is 33.9 Å². The van der Waals surface area contributed by atoms with Gasteiger partial charge in [-0.25, -0.2) is 0 Å². The summed E-state index contributed by atoms with van der Waals surface area (Å²) in [6.07, 6.45) is 17.7. The molecule has 0 aliphatic heterocycles. The molecular formula is C36H68N6O7. The molecule has 13 heteroatoms. The number of hydrogen-bond acceptors (Lipinski definition) is 7. The summed E-state index contributed by atoms with van der Waals surface area (Å²) in [6.45, 7) is 3.73. The van der Waals surface area contributed by atoms with Crippen molar-refractivity contribution in [3.05, 3.63) is 0 Å². The Bertz CT molecular complexity index is 903. The van der Waals surface area contributed by atoms with E-state index in [0.717, 1.165) is 109 Å². The maximum absolute atomic E-state index is 12.0. The molecule has 0 saturated carbocycles. The van der Waals surface area contributed by atoms with Crippen LogP contribution in [0, 0.1) is 0 Å². The molecule has 5 amide bonds. The number of unbranched alkanes of at least 4 members (excludes halogenated alkanes) is 12. The van der Waals surface area contributed by atoms with Crippen LogP contribution in [-0.2, 0) is 28.8 Å². The molecule has 8 N–H and O–H groups in total. The number of amides is 5. The SMILES string of the molecule is NCCCCCC(=O)NCCCCCC(=O)NCCCCCC(=O)NCCCCCC(=O)NCCCCCC(=O)NCCCCCC(=O)O. The van der Waals surface area contributed by atoms with Crippen LogP contribution in [0.2, 0.25) is 0 Å². The second-order valence-corrected chi connectivity index (χ2v) is 12.8. The van der Waals surface area contributed by atoms with Gasteiger partial charge >= 0.3 is 5.97 Å². The first kappa shape index (κ1) is 45.8. The van der Waals surface area contributed by atoms with E-state index in [1.165, 1.54) is 0 Å². The van der Waals surface area contributed by atoms with Crippen LogP contribution in [0.4, 0.5) is 0 Å². The summed E-state index contributed by atoms with van der Waals surface area (Å²) >= 11 is 0. The quantitative estimate of drug-likeness (QED) is 0.0481. The number of nitrogens with two attached hydrogens (primary N) is 1. The van der Waals surface area contributed by atoms with Gasteiger partial charge in [-0.1, -0.05) is 38.5 Å². The maximum atomic E-state index is 12.0. The average Bonchev–Trinajstić information content (AvgIpc) is 3.07. The Morgan fingerprint density at radius 2 is 0.551 bits per heavy atom. The zero-order chi connectivity index (χ0) is 36.2. The number of carbonyl (C=O) groups is 6. The Morgan fingerprint density at radius 1 is 0.327 bits per heavy atom. The van der Waals surface area contributed by atoms with E-state index in [-0.39, 0.29) is 36.0 Å². The van der Waals surface area contributed by atoms with E-state index in [1.807, 2.05) is 0 Å². The summed E-state index contributed by atoms with van der Waals surface area (Å²) in [7, 11) is 0. The van der Waals surface area contributed by atoms with Crippen molar-refractivity contribution in [1.29, 1.82) is 0 Å². The fraction of sp³-hybridized carbons (Fsp3) is 0.833. The Labute approximate surface area is 294 Å². The standard InChI is InChI=1S/C36H68N6O7/c37-25-13-1-7-19-31(43)38-26-14-2-8-20-32(44)39-27-15-3-9-21-33(45)40-28-16-4-10-22-34(46)41-29-17-5-11-23-35(47)42-30-18-6-12-24-36(48)49/h1-30,37H2,(H,38,43)(H,39,44)(H,40,45)(H,41,46)(H,42,47)(H,48,49). The van der Waals surface area contributed by atoms with E-state index in [0.29, 0.717) is 77.8 Å². The van der Waals surface area contributed by atoms with Gasteiger partial charge in [0.25, 0.3) is 0 Å². The topological polar surface area (TPSA) is 209 Å². The lowest BCUT2D eigenvalue weighted by Crippen LogP contribution is -2.26. The highest BCUT2D eigenvalue weighted by Crippen LogP contribution is 2.05. The lowest BCUT2D eigenvalue weighted by molar-refractivity contribution is -0.137. The molecule has 0 heterocycles. The Morgan fingerprint density at radius 3 is 0.776 bits per heavy atom. The number of nitrogens with one attached hydrogen (secondary N) is 5. The molecule has 0 spiro atoms. The molecule has 0 bridgehead atoms. The Hall–Kier alpha value is -3.22. The molecule has 0 aromatic carbocycles. The third-order valence-corrected chi connectivity index (χ3v) is 8.11. The predicted octanol–water partition coefficient (Wildman–Crippen LogP) is 3.97. The van der Waals surface area contributed by atoms with Gasteiger partial charge in [0.2, 0.25) is 29.5 Å². The van der Waals surface area contributed by atoms with Crippen LogP contribution >= 0.6 is 0 Å². The largest absolute Gasteiger partial charge is 0.481 e. The van der Waals surface area contributed by atoms with E-state index in [4.69, 9.17) is 10.8 Å². The van der Waals surface area contributed by atoms with Crippen LogP contribution in [0.25, 0.3) is 0 Å². The number of carboxylic acids is 1. The second kappa shape index (κ2) is 34.6. The molecule has 0 aromatic heterocycles. The molecule has 0 aliphatic rings. The van der Waals surface area contributed by atoms with Crippen molar-refractivity contribution in [2.75, 3.05) is 39.3 Å². The fourth-order valence-corrected chi connectivity index (χ4v) is 5.11. The molecular weight excluding hydrogens is 628 g/mol. The van der Waals surface area contributed by atoms with Crippen molar-refractivity contribution >= 4 is 35.5 Å². The summed E-state index contributed by atoms with van der Waals surface area (Å²) in [6, 6.07) is 0. The fourth-order valence-electron chi connectivity index (χ4n) is 5.11. The summed E-state index contributed by atoms with van der Waals surface area (Å²) in [4.78, 5) is 70.0. The number of hydrogen-bond donors (Lipinski definition) is 7. The van der Waals surface area contributed by atoms with E-state index in [2.05, 4.69) is 26.6 Å². The third kappa shape index (κ3) is 35.9. The van der Waals surface area contributed by atoms with Gasteiger partial charge < -0.3 is 37.4 Å². The van der Waals surface area contributed by atoms with Crippen molar-refractivity contribution in [2.45, 2.75) is 154 Å². The van der Waals surface area contributed by atoms with Crippen molar-refractivity contribution in [2.24, 2.45) is 5.73 Å². The van der Waals surface area contributed by atoms with Crippen LogP contribution in [-0.4, -0.2) is 79.9 Å². The molecule has 0 radical (unpaired) electrons. The minimum Gasteiger partial charge on any atom is -0.481 e. The molecule has 13 nitrogen and oxygen atoms in total. The van der Waals surface area contributed by atoms with Gasteiger partial charge in [0, 0.05) is 71.2 Å². The van der Waals surface area contributed by atoms with E-state index in [1.54, 1.807) is 0 Å². The second-order valence-electron chi connectivity index (χ2n) is 12.8. The first-order chi connectivity index (χ1) is 23.7. The van der Waals surface area contributed by atoms with Crippen LogP contribution in [0.15, 0.2) is 0 Å². The highest BCUT2D eigenvalue weighted by Gasteiger charge is 2.06. The molecule has 0 rings (SSSR count). The zero-order valence-electron chi connectivity index (χ0n) is 30.2. The number of carbonyl (C=O) groups excluding carboxylic acids is 5. The highest BCUT2D eigenvalue weighted by atomic mass is 16.4. The van der Waals surface area contributed by atoms with Crippen molar-refractivity contribution in [3.8, 4) is 0 Å². The highest BCUT2D eigenvalue weighted by molar-refractivity contribution is 5.77. The molecule has 0 saturated heterocycles. The Kier molecular flexibility index (Phi) is 32.4. The van der Waals surface area contributed by atoms with Gasteiger partial charge in [-0.05, 0) is 83.6 Å². The number of rotatable bonds is 35. The van der Waals surface area contributed by atoms with Crippen molar-refractivity contribution in [1.82, 2.24) is 26.6 Å².